The molecule has 2 aromatic rings. The zero-order valence-corrected chi connectivity index (χ0v) is 18.6. The minimum Gasteiger partial charge on any atom is -0.383 e. The van der Waals surface area contributed by atoms with Gasteiger partial charge in [0.15, 0.2) is 0 Å². The highest BCUT2D eigenvalue weighted by Gasteiger charge is 2.23. The number of pyridine rings is 1. The molecule has 154 valence electrons. The normalized spacial score (nSPS) is 13.1. The summed E-state index contributed by atoms with van der Waals surface area (Å²) in [5.41, 5.74) is 9.71. The highest BCUT2D eigenvalue weighted by Crippen LogP contribution is 2.34. The first-order valence-corrected chi connectivity index (χ1v) is 10.9. The van der Waals surface area contributed by atoms with Crippen molar-refractivity contribution < 1.29 is 9.90 Å². The van der Waals surface area contributed by atoms with Gasteiger partial charge in [-0.25, -0.2) is 9.78 Å². The molecule has 2 heterocycles. The monoisotopic (exact) mass is 423 g/mol. The number of primary amides is 1. The molecule has 9 heteroatoms. The third-order valence-electron chi connectivity index (χ3n) is 4.42. The van der Waals surface area contributed by atoms with Crippen molar-refractivity contribution in [2.24, 2.45) is 10.9 Å². The molecule has 0 saturated carbocycles. The molecule has 0 aliphatic heterocycles. The van der Waals surface area contributed by atoms with E-state index in [4.69, 9.17) is 15.9 Å². The van der Waals surface area contributed by atoms with Crippen molar-refractivity contribution in [1.82, 2.24) is 9.97 Å². The topological polar surface area (TPSA) is 127 Å². The van der Waals surface area contributed by atoms with E-state index in [1.807, 2.05) is 6.92 Å². The summed E-state index contributed by atoms with van der Waals surface area (Å²) < 4.78 is 0.919. The van der Waals surface area contributed by atoms with Crippen LogP contribution in [0.5, 0.6) is 0 Å². The third-order valence-corrected chi connectivity index (χ3v) is 6.41. The molecule has 0 bridgehead atoms. The van der Waals surface area contributed by atoms with Gasteiger partial charge in [0.1, 0.15) is 10.6 Å². The Morgan fingerprint density at radius 2 is 2.07 bits per heavy atom. The van der Waals surface area contributed by atoms with E-state index >= 15 is 0 Å². The van der Waals surface area contributed by atoms with E-state index < -0.39 is 11.6 Å². The minimum absolute atomic E-state index is 0.356. The Kier molecular flexibility index (Phi) is 7.44. The number of hydrogen-bond acceptors (Lipinski definition) is 7. The van der Waals surface area contributed by atoms with Crippen LogP contribution in [0, 0.1) is 6.92 Å². The fourth-order valence-corrected chi connectivity index (χ4v) is 4.35. The average molecular weight is 424 g/mol. The van der Waals surface area contributed by atoms with E-state index in [-0.39, 0.29) is 0 Å². The van der Waals surface area contributed by atoms with Crippen LogP contribution in [0.3, 0.4) is 0 Å². The number of fused-ring (bicyclic) bond motifs is 1. The first-order valence-electron chi connectivity index (χ1n) is 9.18. The lowest BCUT2D eigenvalue weighted by molar-refractivity contribution is 0.0783. The Balaban J connectivity index is 0.000000221. The van der Waals surface area contributed by atoms with E-state index in [2.05, 4.69) is 24.1 Å². The van der Waals surface area contributed by atoms with Gasteiger partial charge in [0.2, 0.25) is 0 Å². The fraction of sp³-hybridized carbons (Fsp3) is 0.526. The SMILES string of the molecule is CC(C)(O)c1ncc(SN)s1.Cc1c(C(C)C)nc2c(c1NC(N)=O)CCC2. The maximum atomic E-state index is 11.1. The Morgan fingerprint density at radius 3 is 2.54 bits per heavy atom. The number of thiazole rings is 1. The number of carbonyl (C=O) groups is 1. The van der Waals surface area contributed by atoms with Crippen LogP contribution in [0.15, 0.2) is 10.4 Å². The Hall–Kier alpha value is -1.68. The first-order chi connectivity index (χ1) is 13.0. The number of carbonyl (C=O) groups excluding carboxylic acids is 1. The number of anilines is 1. The summed E-state index contributed by atoms with van der Waals surface area (Å²) in [5, 5.41) is 18.3. The summed E-state index contributed by atoms with van der Waals surface area (Å²) in [6.07, 6.45) is 4.76. The summed E-state index contributed by atoms with van der Waals surface area (Å²) >= 11 is 2.57. The molecule has 1 aliphatic carbocycles. The van der Waals surface area contributed by atoms with Gasteiger partial charge < -0.3 is 16.2 Å². The van der Waals surface area contributed by atoms with Gasteiger partial charge in [0.05, 0.1) is 16.1 Å². The predicted octanol–water partition coefficient (Wildman–Crippen LogP) is 3.83. The van der Waals surface area contributed by atoms with E-state index in [0.29, 0.717) is 10.9 Å². The molecule has 0 radical (unpaired) electrons. The molecule has 0 spiro atoms. The van der Waals surface area contributed by atoms with Gasteiger partial charge in [-0.1, -0.05) is 13.8 Å². The van der Waals surface area contributed by atoms with Gasteiger partial charge >= 0.3 is 6.03 Å². The molecular formula is C19H29N5O2S2. The second kappa shape index (κ2) is 9.21. The molecule has 7 nitrogen and oxygen atoms in total. The van der Waals surface area contributed by atoms with Crippen LogP contribution < -0.4 is 16.2 Å². The molecule has 0 aromatic carbocycles. The summed E-state index contributed by atoms with van der Waals surface area (Å²) in [7, 11) is 0. The lowest BCUT2D eigenvalue weighted by Gasteiger charge is -2.17. The molecule has 6 N–H and O–H groups in total. The number of nitrogens with two attached hydrogens (primary N) is 2. The van der Waals surface area contributed by atoms with Crippen molar-refractivity contribution in [3.05, 3.63) is 33.7 Å². The number of rotatable bonds is 4. The molecule has 2 aromatic heterocycles. The molecule has 1 aliphatic rings. The number of nitrogens with zero attached hydrogens (tertiary/aromatic N) is 2. The maximum absolute atomic E-state index is 11.1. The summed E-state index contributed by atoms with van der Waals surface area (Å²) in [4.78, 5) is 19.8. The van der Waals surface area contributed by atoms with Gasteiger partial charge in [0, 0.05) is 11.4 Å². The molecule has 2 amide bonds. The van der Waals surface area contributed by atoms with Crippen molar-refractivity contribution >= 4 is 35.0 Å². The largest absolute Gasteiger partial charge is 0.383 e. The highest BCUT2D eigenvalue weighted by molar-refractivity contribution is 7.99. The second-order valence-electron chi connectivity index (χ2n) is 7.58. The lowest BCUT2D eigenvalue weighted by Crippen LogP contribution is -2.22. The van der Waals surface area contributed by atoms with Gasteiger partial charge in [-0.15, -0.1) is 11.3 Å². The summed E-state index contributed by atoms with van der Waals surface area (Å²) in [6.45, 7) is 9.65. The predicted molar refractivity (Wildman–Crippen MR) is 116 cm³/mol. The highest BCUT2D eigenvalue weighted by atomic mass is 32.2. The quantitative estimate of drug-likeness (QED) is 0.554. The Bertz CT molecular complexity index is 844. The van der Waals surface area contributed by atoms with Crippen LogP contribution in [-0.4, -0.2) is 21.1 Å². The van der Waals surface area contributed by atoms with Gasteiger partial charge in [-0.2, -0.15) is 0 Å². The van der Waals surface area contributed by atoms with Crippen LogP contribution >= 0.6 is 23.3 Å². The number of hydrogen-bond donors (Lipinski definition) is 4. The van der Waals surface area contributed by atoms with E-state index in [1.54, 1.807) is 20.0 Å². The van der Waals surface area contributed by atoms with Crippen molar-refractivity contribution in [3.8, 4) is 0 Å². The second-order valence-corrected chi connectivity index (χ2v) is 9.55. The average Bonchev–Trinajstić information content (AvgIpc) is 3.25. The van der Waals surface area contributed by atoms with Crippen LogP contribution in [0.1, 0.15) is 67.6 Å². The number of aryl methyl sites for hydroxylation is 1. The standard InChI is InChI=1S/C13H19N3O.C6H10N2OS2/c1-7(2)11-8(3)12(16-13(14)17)9-5-4-6-10(9)15-11;1-6(2,9)5-8-3-4(10-5)11-7/h7H,4-6H2,1-3H3,(H3,14,15,16,17);3,9H,7H2,1-2H3. The van der Waals surface area contributed by atoms with Crippen LogP contribution in [0.4, 0.5) is 10.5 Å². The van der Waals surface area contributed by atoms with Gasteiger partial charge in [0.25, 0.3) is 0 Å². The van der Waals surface area contributed by atoms with Crippen molar-refractivity contribution in [1.29, 1.82) is 0 Å². The molecular weight excluding hydrogens is 394 g/mol. The van der Waals surface area contributed by atoms with Crippen molar-refractivity contribution in [3.63, 3.8) is 0 Å². The number of aromatic nitrogens is 2. The number of aliphatic hydroxyl groups is 1. The fourth-order valence-electron chi connectivity index (χ4n) is 3.16. The number of nitrogens with one attached hydrogen (secondary N) is 1. The third kappa shape index (κ3) is 5.44. The maximum Gasteiger partial charge on any atom is 0.316 e. The van der Waals surface area contributed by atoms with Crippen molar-refractivity contribution in [2.45, 2.75) is 69.6 Å². The molecule has 28 heavy (non-hydrogen) atoms. The summed E-state index contributed by atoms with van der Waals surface area (Å²) in [6, 6.07) is -0.497. The Morgan fingerprint density at radius 1 is 1.39 bits per heavy atom. The molecule has 0 fully saturated rings. The zero-order valence-electron chi connectivity index (χ0n) is 17.0. The summed E-state index contributed by atoms with van der Waals surface area (Å²) in [5.74, 6) is 0.356. The smallest absolute Gasteiger partial charge is 0.316 e. The molecule has 0 unspecified atom stereocenters. The molecule has 0 saturated heterocycles. The van der Waals surface area contributed by atoms with Crippen LogP contribution in [-0.2, 0) is 18.4 Å². The lowest BCUT2D eigenvalue weighted by atomic mass is 9.99. The van der Waals surface area contributed by atoms with E-state index in [0.717, 1.165) is 58.1 Å². The van der Waals surface area contributed by atoms with Gasteiger partial charge in [-0.3, -0.25) is 10.1 Å². The van der Waals surface area contributed by atoms with E-state index in [1.165, 1.54) is 16.9 Å². The molecule has 3 rings (SSSR count). The molecule has 0 atom stereocenters. The first kappa shape index (κ1) is 22.6. The minimum atomic E-state index is -0.849. The van der Waals surface area contributed by atoms with Crippen LogP contribution in [0.25, 0.3) is 0 Å². The van der Waals surface area contributed by atoms with E-state index in [9.17, 15) is 9.90 Å². The zero-order chi connectivity index (χ0) is 21.1. The number of urea groups is 1. The van der Waals surface area contributed by atoms with Gasteiger partial charge in [-0.05, 0) is 69.0 Å². The Labute approximate surface area is 174 Å². The van der Waals surface area contributed by atoms with Crippen molar-refractivity contribution in [2.75, 3.05) is 5.32 Å². The number of amides is 2. The van der Waals surface area contributed by atoms with Crippen LogP contribution in [0.2, 0.25) is 0 Å².